The smallest absolute Gasteiger partial charge is 0.241 e. The van der Waals surface area contributed by atoms with Gasteiger partial charge < -0.3 is 0 Å². The lowest BCUT2D eigenvalue weighted by atomic mass is 10.0. The topological polar surface area (TPSA) is 87.2 Å². The van der Waals surface area contributed by atoms with Crippen LogP contribution in [0.3, 0.4) is 0 Å². The van der Waals surface area contributed by atoms with Gasteiger partial charge in [-0.2, -0.15) is 15.0 Å². The van der Waals surface area contributed by atoms with Crippen LogP contribution in [0.5, 0.6) is 0 Å². The lowest BCUT2D eigenvalue weighted by molar-refractivity contribution is 0.884. The highest BCUT2D eigenvalue weighted by atomic mass is 15.3. The number of hydrogen-bond acceptors (Lipinski definition) is 6. The van der Waals surface area contributed by atoms with Crippen molar-refractivity contribution in [2.45, 2.75) is 0 Å². The minimum atomic E-state index is 0.479. The number of nitrogens with zero attached hydrogens (tertiary/aromatic N) is 8. The van der Waals surface area contributed by atoms with Gasteiger partial charge in [-0.15, -0.1) is 0 Å². The average Bonchev–Trinajstić information content (AvgIpc) is 3.64. The van der Waals surface area contributed by atoms with Gasteiger partial charge >= 0.3 is 0 Å². The highest BCUT2D eigenvalue weighted by molar-refractivity contribution is 6.09. The molecule has 6 heterocycles. The summed E-state index contributed by atoms with van der Waals surface area (Å²) >= 11 is 0. The van der Waals surface area contributed by atoms with Crippen molar-refractivity contribution < 1.29 is 0 Å². The van der Waals surface area contributed by atoms with E-state index in [9.17, 15) is 0 Å². The van der Waals surface area contributed by atoms with Crippen LogP contribution in [0.2, 0.25) is 0 Å². The summed E-state index contributed by atoms with van der Waals surface area (Å²) in [5.41, 5.74) is 5.34. The lowest BCUT2D eigenvalue weighted by Crippen LogP contribution is -2.10. The van der Waals surface area contributed by atoms with E-state index in [1.165, 1.54) is 0 Å². The van der Waals surface area contributed by atoms with Crippen LogP contribution in [-0.2, 0) is 0 Å². The molecule has 0 spiro atoms. The third kappa shape index (κ3) is 3.55. The van der Waals surface area contributed by atoms with Gasteiger partial charge in [0.15, 0.2) is 5.82 Å². The summed E-state index contributed by atoms with van der Waals surface area (Å²) < 4.78 is 4.05. The Bertz CT molecular complexity index is 2590. The highest BCUT2D eigenvalue weighted by Crippen LogP contribution is 2.34. The first-order valence-corrected chi connectivity index (χ1v) is 15.0. The molecular formula is C38H22N8. The first-order chi connectivity index (χ1) is 22.8. The largest absolute Gasteiger partial charge is 0.262 e. The summed E-state index contributed by atoms with van der Waals surface area (Å²) in [4.78, 5) is 29.7. The van der Waals surface area contributed by atoms with Crippen molar-refractivity contribution in [2.24, 2.45) is 0 Å². The Morgan fingerprint density at radius 1 is 0.413 bits per heavy atom. The molecule has 46 heavy (non-hydrogen) atoms. The standard InChI is InChI=1S/C38H22N8/c1-3-13-31-27(9-1)29-11-6-20-40-35(29)45(31)37-42-34(25-17-18-26-24(22-25)16-15-23-8-5-19-39-33(23)26)43-38(44-37)46-32-14-4-2-10-28(32)30-12-7-21-41-36(30)46/h1-22H. The molecule has 0 aliphatic carbocycles. The van der Waals surface area contributed by atoms with Crippen LogP contribution >= 0.6 is 0 Å². The lowest BCUT2D eigenvalue weighted by Gasteiger charge is -2.12. The molecule has 0 saturated heterocycles. The number of aromatic nitrogens is 8. The summed E-state index contributed by atoms with van der Waals surface area (Å²) in [6, 6.07) is 39.2. The molecule has 0 bridgehead atoms. The minimum Gasteiger partial charge on any atom is -0.262 e. The molecule has 10 aromatic rings. The molecule has 8 heteroatoms. The molecule has 0 aliphatic rings. The van der Waals surface area contributed by atoms with E-state index in [0.29, 0.717) is 17.7 Å². The van der Waals surface area contributed by atoms with Crippen molar-refractivity contribution in [3.05, 3.63) is 134 Å². The Morgan fingerprint density at radius 3 is 1.65 bits per heavy atom. The summed E-state index contributed by atoms with van der Waals surface area (Å²) in [5.74, 6) is 1.51. The molecule has 8 nitrogen and oxygen atoms in total. The van der Waals surface area contributed by atoms with E-state index >= 15 is 0 Å². The van der Waals surface area contributed by atoms with E-state index < -0.39 is 0 Å². The fourth-order valence-electron chi connectivity index (χ4n) is 6.69. The highest BCUT2D eigenvalue weighted by Gasteiger charge is 2.21. The van der Waals surface area contributed by atoms with E-state index in [0.717, 1.165) is 71.1 Å². The van der Waals surface area contributed by atoms with Crippen LogP contribution in [0.1, 0.15) is 0 Å². The van der Waals surface area contributed by atoms with E-state index in [-0.39, 0.29) is 0 Å². The SMILES string of the molecule is c1cnc2c(c1)ccc1cc(-c3nc(-n4c5ccccc5c5cccnc54)nc(-n4c5ccccc5c5cccnc54)n3)ccc12. The Hall–Kier alpha value is -6.54. The van der Waals surface area contributed by atoms with Gasteiger partial charge in [-0.25, -0.2) is 9.97 Å². The molecule has 214 valence electrons. The predicted octanol–water partition coefficient (Wildman–Crippen LogP) is 8.22. The number of pyridine rings is 3. The fraction of sp³-hybridized carbons (Fsp3) is 0. The number of para-hydroxylation sites is 2. The minimum absolute atomic E-state index is 0.479. The quantitative estimate of drug-likeness (QED) is 0.193. The van der Waals surface area contributed by atoms with Gasteiger partial charge in [-0.1, -0.05) is 66.7 Å². The first-order valence-electron chi connectivity index (χ1n) is 15.0. The Labute approximate surface area is 261 Å². The van der Waals surface area contributed by atoms with Gasteiger partial charge in [0.1, 0.15) is 11.3 Å². The third-order valence-corrected chi connectivity index (χ3v) is 8.73. The monoisotopic (exact) mass is 590 g/mol. The van der Waals surface area contributed by atoms with Gasteiger partial charge in [0, 0.05) is 56.5 Å². The molecule has 0 N–H and O–H groups in total. The van der Waals surface area contributed by atoms with Gasteiger partial charge in [0.2, 0.25) is 11.9 Å². The maximum atomic E-state index is 5.16. The van der Waals surface area contributed by atoms with E-state index in [2.05, 4.69) is 77.8 Å². The molecular weight excluding hydrogens is 568 g/mol. The molecule has 0 radical (unpaired) electrons. The van der Waals surface area contributed by atoms with Crippen molar-refractivity contribution >= 4 is 65.5 Å². The van der Waals surface area contributed by atoms with Crippen LogP contribution in [0.4, 0.5) is 0 Å². The van der Waals surface area contributed by atoms with E-state index in [4.69, 9.17) is 24.9 Å². The molecule has 0 unspecified atom stereocenters. The van der Waals surface area contributed by atoms with Gasteiger partial charge in [0.05, 0.1) is 16.6 Å². The molecule has 0 amide bonds. The molecule has 6 aromatic heterocycles. The van der Waals surface area contributed by atoms with Gasteiger partial charge in [-0.3, -0.25) is 14.1 Å². The Balaban J connectivity index is 1.30. The van der Waals surface area contributed by atoms with Crippen LogP contribution in [0.15, 0.2) is 134 Å². The van der Waals surface area contributed by atoms with Crippen molar-refractivity contribution in [2.75, 3.05) is 0 Å². The Kier molecular flexibility index (Phi) is 5.12. The molecule has 0 saturated carbocycles. The third-order valence-electron chi connectivity index (χ3n) is 8.73. The van der Waals surface area contributed by atoms with Crippen LogP contribution in [0.25, 0.3) is 88.8 Å². The van der Waals surface area contributed by atoms with Crippen LogP contribution in [-0.4, -0.2) is 39.0 Å². The van der Waals surface area contributed by atoms with Gasteiger partial charge in [-0.05, 0) is 53.9 Å². The second-order valence-electron chi connectivity index (χ2n) is 11.3. The zero-order chi connectivity index (χ0) is 30.2. The summed E-state index contributed by atoms with van der Waals surface area (Å²) in [5, 5.41) is 7.47. The number of fused-ring (bicyclic) bond motifs is 9. The molecule has 0 aliphatic heterocycles. The van der Waals surface area contributed by atoms with Crippen molar-refractivity contribution in [1.82, 2.24) is 39.0 Å². The van der Waals surface area contributed by atoms with Crippen LogP contribution in [0, 0.1) is 0 Å². The maximum absolute atomic E-state index is 5.16. The second kappa shape index (κ2) is 9.48. The first kappa shape index (κ1) is 24.9. The predicted molar refractivity (Wildman–Crippen MR) is 182 cm³/mol. The molecule has 10 rings (SSSR count). The zero-order valence-electron chi connectivity index (χ0n) is 24.3. The van der Waals surface area contributed by atoms with Gasteiger partial charge in [0.25, 0.3) is 0 Å². The fourth-order valence-corrected chi connectivity index (χ4v) is 6.69. The molecule has 0 fully saturated rings. The average molecular weight is 591 g/mol. The summed E-state index contributed by atoms with van der Waals surface area (Å²) in [6.45, 7) is 0. The normalized spacial score (nSPS) is 11.9. The van der Waals surface area contributed by atoms with Crippen molar-refractivity contribution in [3.63, 3.8) is 0 Å². The molecule has 4 aromatic carbocycles. The number of hydrogen-bond donors (Lipinski definition) is 0. The van der Waals surface area contributed by atoms with Crippen LogP contribution < -0.4 is 0 Å². The summed E-state index contributed by atoms with van der Waals surface area (Å²) in [6.07, 6.45) is 5.44. The van der Waals surface area contributed by atoms with E-state index in [1.807, 2.05) is 57.8 Å². The molecule has 0 atom stereocenters. The maximum Gasteiger partial charge on any atom is 0.241 e. The number of rotatable bonds is 3. The number of benzene rings is 4. The van der Waals surface area contributed by atoms with E-state index in [1.54, 1.807) is 12.4 Å². The van der Waals surface area contributed by atoms with Crippen molar-refractivity contribution in [3.8, 4) is 23.3 Å². The van der Waals surface area contributed by atoms with Crippen molar-refractivity contribution in [1.29, 1.82) is 0 Å². The Morgan fingerprint density at radius 2 is 0.978 bits per heavy atom. The second-order valence-corrected chi connectivity index (χ2v) is 11.3. The summed E-state index contributed by atoms with van der Waals surface area (Å²) in [7, 11) is 0. The zero-order valence-corrected chi connectivity index (χ0v) is 24.3.